The summed E-state index contributed by atoms with van der Waals surface area (Å²) in [4.78, 5) is 15.0. The third kappa shape index (κ3) is 3.14. The number of rotatable bonds is 3. The number of hydrogen-bond donors (Lipinski definition) is 1. The molecule has 2 aromatic heterocycles. The van der Waals surface area contributed by atoms with E-state index in [1.54, 1.807) is 28.0 Å². The zero-order valence-corrected chi connectivity index (χ0v) is 12.4. The predicted octanol–water partition coefficient (Wildman–Crippen LogP) is 2.76. The maximum Gasteiger partial charge on any atom is 0.323 e. The molecule has 2 rings (SSSR count). The van der Waals surface area contributed by atoms with Crippen molar-refractivity contribution >= 4 is 23.2 Å². The minimum absolute atomic E-state index is 0.129. The molecular weight excluding hydrogens is 260 g/mol. The third-order valence-electron chi connectivity index (χ3n) is 2.93. The van der Waals surface area contributed by atoms with Crippen LogP contribution in [0.15, 0.2) is 17.5 Å². The van der Waals surface area contributed by atoms with E-state index < -0.39 is 0 Å². The highest BCUT2D eigenvalue weighted by Crippen LogP contribution is 2.17. The Bertz CT molecular complexity index is 587. The number of hydrogen-bond acceptors (Lipinski definition) is 3. The summed E-state index contributed by atoms with van der Waals surface area (Å²) >= 11 is 1.67. The fraction of sp³-hybridized carbons (Fsp3) is 0.385. The van der Waals surface area contributed by atoms with Gasteiger partial charge in [-0.15, -0.1) is 11.3 Å². The molecule has 6 heteroatoms. The van der Waals surface area contributed by atoms with E-state index in [4.69, 9.17) is 0 Å². The molecule has 5 nitrogen and oxygen atoms in total. The minimum atomic E-state index is -0.129. The first kappa shape index (κ1) is 13.6. The molecular formula is C13H18N4OS. The van der Waals surface area contributed by atoms with Crippen LogP contribution in [0.5, 0.6) is 0 Å². The zero-order chi connectivity index (χ0) is 14.0. The van der Waals surface area contributed by atoms with Crippen molar-refractivity contribution in [3.63, 3.8) is 0 Å². The van der Waals surface area contributed by atoms with Crippen LogP contribution < -0.4 is 5.32 Å². The van der Waals surface area contributed by atoms with Gasteiger partial charge in [0.25, 0.3) is 0 Å². The Morgan fingerprint density at radius 3 is 2.79 bits per heavy atom. The van der Waals surface area contributed by atoms with Crippen LogP contribution in [-0.4, -0.2) is 27.8 Å². The van der Waals surface area contributed by atoms with Gasteiger partial charge in [0.05, 0.1) is 12.2 Å². The quantitative estimate of drug-likeness (QED) is 0.938. The van der Waals surface area contributed by atoms with Gasteiger partial charge in [0.1, 0.15) is 5.82 Å². The second kappa shape index (κ2) is 5.44. The van der Waals surface area contributed by atoms with Crippen molar-refractivity contribution in [1.29, 1.82) is 0 Å². The van der Waals surface area contributed by atoms with Gasteiger partial charge in [-0.1, -0.05) is 0 Å². The van der Waals surface area contributed by atoms with Gasteiger partial charge in [-0.25, -0.2) is 4.79 Å². The lowest BCUT2D eigenvalue weighted by Gasteiger charge is -2.17. The van der Waals surface area contributed by atoms with Crippen LogP contribution in [0.3, 0.4) is 0 Å². The topological polar surface area (TPSA) is 50.2 Å². The number of urea groups is 1. The van der Waals surface area contributed by atoms with Crippen molar-refractivity contribution in [2.45, 2.75) is 20.4 Å². The summed E-state index contributed by atoms with van der Waals surface area (Å²) in [5, 5.41) is 9.10. The van der Waals surface area contributed by atoms with E-state index >= 15 is 0 Å². The Kier molecular flexibility index (Phi) is 3.90. The second-order valence-corrected chi connectivity index (χ2v) is 5.61. The molecule has 0 saturated heterocycles. The van der Waals surface area contributed by atoms with Gasteiger partial charge in [-0.05, 0) is 30.9 Å². The Hall–Kier alpha value is -1.82. The summed E-state index contributed by atoms with van der Waals surface area (Å²) in [5.74, 6) is 0.706. The molecule has 0 aliphatic rings. The van der Waals surface area contributed by atoms with Crippen molar-refractivity contribution in [1.82, 2.24) is 14.7 Å². The highest BCUT2D eigenvalue weighted by molar-refractivity contribution is 7.10. The summed E-state index contributed by atoms with van der Waals surface area (Å²) in [5.41, 5.74) is 2.11. The van der Waals surface area contributed by atoms with Crippen LogP contribution in [0, 0.1) is 13.8 Å². The summed E-state index contributed by atoms with van der Waals surface area (Å²) in [6, 6.07) is 3.79. The predicted molar refractivity (Wildman–Crippen MR) is 77.5 cm³/mol. The van der Waals surface area contributed by atoms with Gasteiger partial charge in [-0.2, -0.15) is 5.10 Å². The van der Waals surface area contributed by atoms with Crippen LogP contribution in [0.2, 0.25) is 0 Å². The minimum Gasteiger partial charge on any atom is -0.322 e. The average Bonchev–Trinajstić information content (AvgIpc) is 2.86. The number of nitrogens with zero attached hydrogens (tertiary/aromatic N) is 3. The number of carbonyl (C=O) groups excluding carboxylic acids is 1. The molecule has 0 unspecified atom stereocenters. The molecule has 0 bridgehead atoms. The molecule has 0 atom stereocenters. The SMILES string of the molecule is Cc1cc(NC(=O)N(C)Cc2sccc2C)n(C)n1. The largest absolute Gasteiger partial charge is 0.323 e. The average molecular weight is 278 g/mol. The Morgan fingerprint density at radius 2 is 2.26 bits per heavy atom. The van der Waals surface area contributed by atoms with Gasteiger partial charge >= 0.3 is 6.03 Å². The molecule has 19 heavy (non-hydrogen) atoms. The monoisotopic (exact) mass is 278 g/mol. The van der Waals surface area contributed by atoms with Crippen LogP contribution >= 0.6 is 11.3 Å². The van der Waals surface area contributed by atoms with E-state index in [1.807, 2.05) is 25.4 Å². The maximum atomic E-state index is 12.1. The highest BCUT2D eigenvalue weighted by atomic mass is 32.1. The van der Waals surface area contributed by atoms with Gasteiger partial charge in [-0.3, -0.25) is 10.00 Å². The number of aryl methyl sites for hydroxylation is 3. The zero-order valence-electron chi connectivity index (χ0n) is 11.6. The van der Waals surface area contributed by atoms with E-state index in [2.05, 4.69) is 23.4 Å². The summed E-state index contributed by atoms with van der Waals surface area (Å²) in [6.45, 7) is 4.57. The van der Waals surface area contributed by atoms with Crippen molar-refractivity contribution in [3.8, 4) is 0 Å². The molecule has 1 N–H and O–H groups in total. The number of carbonyl (C=O) groups is 1. The van der Waals surface area contributed by atoms with E-state index in [-0.39, 0.29) is 6.03 Å². The molecule has 0 saturated carbocycles. The first-order chi connectivity index (χ1) is 8.97. The van der Waals surface area contributed by atoms with Gasteiger partial charge in [0, 0.05) is 25.0 Å². The van der Waals surface area contributed by atoms with E-state index in [0.717, 1.165) is 5.69 Å². The Labute approximate surface area is 116 Å². The standard InChI is InChI=1S/C13H18N4OS/c1-9-5-6-19-11(9)8-16(3)13(18)14-12-7-10(2)15-17(12)4/h5-7H,8H2,1-4H3,(H,14,18). The number of amides is 2. The van der Waals surface area contributed by atoms with Crippen molar-refractivity contribution in [2.75, 3.05) is 12.4 Å². The number of aromatic nitrogens is 2. The van der Waals surface area contributed by atoms with E-state index in [9.17, 15) is 4.79 Å². The van der Waals surface area contributed by atoms with Crippen molar-refractivity contribution in [3.05, 3.63) is 33.6 Å². The third-order valence-corrected chi connectivity index (χ3v) is 3.94. The summed E-state index contributed by atoms with van der Waals surface area (Å²) in [7, 11) is 3.60. The lowest BCUT2D eigenvalue weighted by atomic mass is 10.3. The fourth-order valence-electron chi connectivity index (χ4n) is 1.79. The lowest BCUT2D eigenvalue weighted by molar-refractivity contribution is 0.221. The number of thiophene rings is 1. The molecule has 0 fully saturated rings. The van der Waals surface area contributed by atoms with Gasteiger partial charge in [0.15, 0.2) is 0 Å². The molecule has 0 aromatic carbocycles. The van der Waals surface area contributed by atoms with E-state index in [1.165, 1.54) is 10.4 Å². The maximum absolute atomic E-state index is 12.1. The summed E-state index contributed by atoms with van der Waals surface area (Å²) < 4.78 is 1.66. The highest BCUT2D eigenvalue weighted by Gasteiger charge is 2.13. The van der Waals surface area contributed by atoms with Crippen LogP contribution in [0.1, 0.15) is 16.1 Å². The van der Waals surface area contributed by atoms with Crippen LogP contribution in [-0.2, 0) is 13.6 Å². The molecule has 2 amide bonds. The molecule has 0 aliphatic heterocycles. The first-order valence-electron chi connectivity index (χ1n) is 6.03. The Balaban J connectivity index is 2.00. The summed E-state index contributed by atoms with van der Waals surface area (Å²) in [6.07, 6.45) is 0. The van der Waals surface area contributed by atoms with E-state index in [0.29, 0.717) is 12.4 Å². The van der Waals surface area contributed by atoms with Crippen LogP contribution in [0.25, 0.3) is 0 Å². The van der Waals surface area contributed by atoms with Gasteiger partial charge < -0.3 is 4.90 Å². The molecule has 102 valence electrons. The first-order valence-corrected chi connectivity index (χ1v) is 6.91. The normalized spacial score (nSPS) is 10.5. The molecule has 0 spiro atoms. The van der Waals surface area contributed by atoms with Crippen molar-refractivity contribution in [2.24, 2.45) is 7.05 Å². The van der Waals surface area contributed by atoms with Crippen molar-refractivity contribution < 1.29 is 4.79 Å². The molecule has 2 aromatic rings. The molecule has 0 radical (unpaired) electrons. The second-order valence-electron chi connectivity index (χ2n) is 4.61. The number of nitrogens with one attached hydrogen (secondary N) is 1. The van der Waals surface area contributed by atoms with Crippen LogP contribution in [0.4, 0.5) is 10.6 Å². The molecule has 0 aliphatic carbocycles. The molecule has 2 heterocycles. The lowest BCUT2D eigenvalue weighted by Crippen LogP contribution is -2.31. The fourth-order valence-corrected chi connectivity index (χ4v) is 2.74. The Morgan fingerprint density at radius 1 is 1.53 bits per heavy atom. The van der Waals surface area contributed by atoms with Gasteiger partial charge in [0.2, 0.25) is 0 Å². The number of anilines is 1. The smallest absolute Gasteiger partial charge is 0.322 e.